The minimum atomic E-state index is 0.451. The molecule has 0 bridgehead atoms. The molecule has 1 aromatic heterocycles. The largest absolute Gasteiger partial charge is 0.494 e. The first-order valence-electron chi connectivity index (χ1n) is 5.74. The van der Waals surface area contributed by atoms with Gasteiger partial charge in [-0.15, -0.1) is 11.3 Å². The van der Waals surface area contributed by atoms with Gasteiger partial charge < -0.3 is 10.5 Å². The maximum atomic E-state index is 5.63. The number of aryl methyl sites for hydroxylation is 1. The van der Waals surface area contributed by atoms with Gasteiger partial charge in [0, 0.05) is 12.1 Å². The van der Waals surface area contributed by atoms with Crippen molar-refractivity contribution in [3.63, 3.8) is 0 Å². The number of halogens is 1. The minimum absolute atomic E-state index is 0.451. The third kappa shape index (κ3) is 2.74. The van der Waals surface area contributed by atoms with Crippen LogP contribution in [0.25, 0.3) is 10.6 Å². The molecule has 2 aromatic rings. The number of aromatic nitrogens is 1. The summed E-state index contributed by atoms with van der Waals surface area (Å²) in [6, 6.07) is 6.12. The van der Waals surface area contributed by atoms with Crippen LogP contribution in [0.5, 0.6) is 5.75 Å². The van der Waals surface area contributed by atoms with E-state index in [2.05, 4.69) is 27.0 Å². The summed E-state index contributed by atoms with van der Waals surface area (Å²) < 4.78 is 6.54. The molecule has 1 aromatic carbocycles. The Morgan fingerprint density at radius 2 is 2.22 bits per heavy atom. The van der Waals surface area contributed by atoms with Crippen LogP contribution in [0.1, 0.15) is 18.2 Å². The smallest absolute Gasteiger partial charge is 0.124 e. The Morgan fingerprint density at radius 3 is 2.78 bits per heavy atom. The van der Waals surface area contributed by atoms with Gasteiger partial charge in [0.1, 0.15) is 10.8 Å². The average molecular weight is 327 g/mol. The van der Waals surface area contributed by atoms with Crippen molar-refractivity contribution in [1.29, 1.82) is 0 Å². The van der Waals surface area contributed by atoms with Crippen LogP contribution in [0.4, 0.5) is 0 Å². The van der Waals surface area contributed by atoms with Crippen molar-refractivity contribution >= 4 is 27.3 Å². The van der Waals surface area contributed by atoms with Crippen LogP contribution < -0.4 is 10.5 Å². The molecule has 3 nitrogen and oxygen atoms in total. The summed E-state index contributed by atoms with van der Waals surface area (Å²) in [5.74, 6) is 0.927. The molecule has 0 radical (unpaired) electrons. The van der Waals surface area contributed by atoms with E-state index in [1.165, 1.54) is 0 Å². The fourth-order valence-corrected chi connectivity index (χ4v) is 3.21. The Morgan fingerprint density at radius 1 is 1.44 bits per heavy atom. The zero-order valence-electron chi connectivity index (χ0n) is 10.4. The van der Waals surface area contributed by atoms with E-state index < -0.39 is 0 Å². The molecular formula is C13H15BrN2OS. The van der Waals surface area contributed by atoms with E-state index in [4.69, 9.17) is 10.5 Å². The van der Waals surface area contributed by atoms with Crippen molar-refractivity contribution in [2.45, 2.75) is 20.4 Å². The lowest BCUT2D eigenvalue weighted by Gasteiger charge is -2.07. The second-order valence-electron chi connectivity index (χ2n) is 3.86. The van der Waals surface area contributed by atoms with Crippen molar-refractivity contribution in [2.75, 3.05) is 6.61 Å². The van der Waals surface area contributed by atoms with E-state index in [0.717, 1.165) is 31.4 Å². The summed E-state index contributed by atoms with van der Waals surface area (Å²) >= 11 is 5.09. The minimum Gasteiger partial charge on any atom is -0.494 e. The van der Waals surface area contributed by atoms with Gasteiger partial charge in [-0.05, 0) is 53.5 Å². The molecule has 96 valence electrons. The molecule has 0 spiro atoms. The van der Waals surface area contributed by atoms with Crippen molar-refractivity contribution in [3.05, 3.63) is 33.2 Å². The van der Waals surface area contributed by atoms with E-state index in [-0.39, 0.29) is 0 Å². The number of nitrogens with two attached hydrogens (primary N) is 1. The van der Waals surface area contributed by atoms with E-state index in [1.54, 1.807) is 11.3 Å². The Kier molecular flexibility index (Phi) is 4.37. The lowest BCUT2D eigenvalue weighted by molar-refractivity contribution is 0.338. The molecule has 0 aliphatic rings. The van der Waals surface area contributed by atoms with E-state index in [1.807, 2.05) is 26.0 Å². The molecule has 1 heterocycles. The Labute approximate surface area is 119 Å². The lowest BCUT2D eigenvalue weighted by atomic mass is 10.1. The Hall–Kier alpha value is -0.910. The van der Waals surface area contributed by atoms with Gasteiger partial charge in [0.2, 0.25) is 0 Å². The van der Waals surface area contributed by atoms with Gasteiger partial charge in [-0.25, -0.2) is 4.98 Å². The quantitative estimate of drug-likeness (QED) is 0.931. The van der Waals surface area contributed by atoms with Crippen molar-refractivity contribution in [1.82, 2.24) is 4.98 Å². The number of hydrogen-bond donors (Lipinski definition) is 1. The van der Waals surface area contributed by atoms with Crippen molar-refractivity contribution in [3.8, 4) is 16.3 Å². The number of thiazole rings is 1. The highest BCUT2D eigenvalue weighted by atomic mass is 79.9. The molecular weight excluding hydrogens is 312 g/mol. The van der Waals surface area contributed by atoms with E-state index >= 15 is 0 Å². The highest BCUT2D eigenvalue weighted by Crippen LogP contribution is 2.33. The van der Waals surface area contributed by atoms with E-state index in [0.29, 0.717) is 13.2 Å². The van der Waals surface area contributed by atoms with Gasteiger partial charge >= 0.3 is 0 Å². The van der Waals surface area contributed by atoms with Gasteiger partial charge in [-0.1, -0.05) is 0 Å². The third-order valence-corrected chi connectivity index (χ3v) is 4.44. The summed E-state index contributed by atoms with van der Waals surface area (Å²) in [5, 5.41) is 0.980. The maximum Gasteiger partial charge on any atom is 0.124 e. The van der Waals surface area contributed by atoms with Gasteiger partial charge in [-0.2, -0.15) is 0 Å². The molecule has 0 unspecified atom stereocenters. The predicted molar refractivity (Wildman–Crippen MR) is 79.0 cm³/mol. The topological polar surface area (TPSA) is 48.1 Å². The molecule has 0 atom stereocenters. The SMILES string of the molecule is CCOc1ccc(-c2nc(CN)c(Br)s2)cc1C. The van der Waals surface area contributed by atoms with Crippen molar-refractivity contribution in [2.24, 2.45) is 5.73 Å². The number of benzene rings is 1. The average Bonchev–Trinajstić information content (AvgIpc) is 2.73. The lowest BCUT2D eigenvalue weighted by Crippen LogP contribution is -1.97. The Bertz CT molecular complexity index is 554. The standard InChI is InChI=1S/C13H15BrN2OS/c1-3-17-11-5-4-9(6-8(11)2)13-16-10(7-15)12(14)18-13/h4-6H,3,7,15H2,1-2H3. The van der Waals surface area contributed by atoms with Gasteiger partial charge in [0.15, 0.2) is 0 Å². The maximum absolute atomic E-state index is 5.63. The fraction of sp³-hybridized carbons (Fsp3) is 0.308. The molecule has 0 amide bonds. The number of rotatable bonds is 4. The first kappa shape index (κ1) is 13.5. The highest BCUT2D eigenvalue weighted by molar-refractivity contribution is 9.11. The molecule has 5 heteroatoms. The summed E-state index contributed by atoms with van der Waals surface area (Å²) in [5.41, 5.74) is 8.75. The summed E-state index contributed by atoms with van der Waals surface area (Å²) in [7, 11) is 0. The first-order valence-corrected chi connectivity index (χ1v) is 7.35. The van der Waals surface area contributed by atoms with Crippen LogP contribution in [-0.2, 0) is 6.54 Å². The van der Waals surface area contributed by atoms with Crippen LogP contribution >= 0.6 is 27.3 Å². The zero-order valence-corrected chi connectivity index (χ0v) is 12.8. The summed E-state index contributed by atoms with van der Waals surface area (Å²) in [6.07, 6.45) is 0. The van der Waals surface area contributed by atoms with Crippen LogP contribution in [0.15, 0.2) is 22.0 Å². The van der Waals surface area contributed by atoms with Crippen LogP contribution in [0.2, 0.25) is 0 Å². The number of ether oxygens (including phenoxy) is 1. The Balaban J connectivity index is 2.35. The predicted octanol–water partition coefficient (Wildman–Crippen LogP) is 3.74. The summed E-state index contributed by atoms with van der Waals surface area (Å²) in [6.45, 7) is 5.16. The molecule has 0 fully saturated rings. The second-order valence-corrected chi connectivity index (χ2v) is 6.17. The number of nitrogens with zero attached hydrogens (tertiary/aromatic N) is 1. The molecule has 18 heavy (non-hydrogen) atoms. The van der Waals surface area contributed by atoms with Gasteiger partial charge in [0.05, 0.1) is 16.1 Å². The van der Waals surface area contributed by atoms with Crippen LogP contribution in [-0.4, -0.2) is 11.6 Å². The molecule has 0 saturated heterocycles. The molecule has 2 N–H and O–H groups in total. The molecule has 0 saturated carbocycles. The molecule has 0 aliphatic carbocycles. The van der Waals surface area contributed by atoms with Crippen LogP contribution in [0, 0.1) is 6.92 Å². The van der Waals surface area contributed by atoms with Gasteiger partial charge in [-0.3, -0.25) is 0 Å². The highest BCUT2D eigenvalue weighted by Gasteiger charge is 2.10. The number of hydrogen-bond acceptors (Lipinski definition) is 4. The molecule has 0 aliphatic heterocycles. The second kappa shape index (κ2) is 5.82. The van der Waals surface area contributed by atoms with Gasteiger partial charge in [0.25, 0.3) is 0 Å². The van der Waals surface area contributed by atoms with Crippen LogP contribution in [0.3, 0.4) is 0 Å². The monoisotopic (exact) mass is 326 g/mol. The van der Waals surface area contributed by atoms with E-state index in [9.17, 15) is 0 Å². The first-order chi connectivity index (χ1) is 8.65. The molecule has 2 rings (SSSR count). The third-order valence-electron chi connectivity index (χ3n) is 2.56. The normalized spacial score (nSPS) is 10.7. The zero-order chi connectivity index (χ0) is 13.1. The fourth-order valence-electron chi connectivity index (χ4n) is 1.68. The van der Waals surface area contributed by atoms with Crippen molar-refractivity contribution < 1.29 is 4.74 Å². The summed E-state index contributed by atoms with van der Waals surface area (Å²) in [4.78, 5) is 4.52.